The Hall–Kier alpha value is -2.64. The summed E-state index contributed by atoms with van der Waals surface area (Å²) in [6.45, 7) is 5.96. The van der Waals surface area contributed by atoms with Crippen LogP contribution in [0.1, 0.15) is 44.5 Å². The molecule has 0 atom stereocenters. The molecule has 1 aromatic carbocycles. The Morgan fingerprint density at radius 1 is 1.29 bits per heavy atom. The second kappa shape index (κ2) is 8.58. The molecule has 7 nitrogen and oxygen atoms in total. The van der Waals surface area contributed by atoms with Crippen LogP contribution in [-0.4, -0.2) is 33.5 Å². The topological polar surface area (TPSA) is 81.0 Å². The van der Waals surface area contributed by atoms with Crippen molar-refractivity contribution >= 4 is 6.03 Å². The highest BCUT2D eigenvalue weighted by atomic mass is 19.1. The number of aryl methyl sites for hydroxylation is 2. The summed E-state index contributed by atoms with van der Waals surface area (Å²) < 4.78 is 16.7. The molecule has 0 unspecified atom stereocenters. The molecule has 2 N–H and O–H groups in total. The highest BCUT2D eigenvalue weighted by Gasteiger charge is 2.22. The van der Waals surface area contributed by atoms with Crippen molar-refractivity contribution in [2.24, 2.45) is 0 Å². The summed E-state index contributed by atoms with van der Waals surface area (Å²) in [5, 5.41) is 10.0. The molecule has 3 rings (SSSR count). The van der Waals surface area contributed by atoms with E-state index in [4.69, 9.17) is 0 Å². The summed E-state index contributed by atoms with van der Waals surface area (Å²) in [7, 11) is 0. The van der Waals surface area contributed by atoms with Gasteiger partial charge in [0, 0.05) is 38.0 Å². The molecule has 152 valence electrons. The number of benzene rings is 1. The summed E-state index contributed by atoms with van der Waals surface area (Å²) in [5.74, 6) is 0.577. The lowest BCUT2D eigenvalue weighted by atomic mass is 9.84. The van der Waals surface area contributed by atoms with Gasteiger partial charge in [-0.2, -0.15) is 5.10 Å². The lowest BCUT2D eigenvalue weighted by Gasteiger charge is -2.25. The maximum absolute atomic E-state index is 13.4. The first kappa shape index (κ1) is 20.1. The average Bonchev–Trinajstić information content (AvgIpc) is 3.00. The van der Waals surface area contributed by atoms with Gasteiger partial charge in [-0.05, 0) is 37.0 Å². The van der Waals surface area contributed by atoms with Crippen molar-refractivity contribution in [2.75, 3.05) is 13.1 Å². The molecule has 0 saturated heterocycles. The molecule has 8 heteroatoms. The summed E-state index contributed by atoms with van der Waals surface area (Å²) in [6, 6.07) is 6.14. The highest BCUT2D eigenvalue weighted by molar-refractivity contribution is 5.73. The number of amides is 2. The predicted octanol–water partition coefficient (Wildman–Crippen LogP) is 2.19. The summed E-state index contributed by atoms with van der Waals surface area (Å²) in [6.07, 6.45) is 3.57. The number of nitrogens with zero attached hydrogens (tertiary/aromatic N) is 3. The van der Waals surface area contributed by atoms with Crippen LogP contribution in [0.4, 0.5) is 9.18 Å². The minimum absolute atomic E-state index is 0.0593. The first-order valence-corrected chi connectivity index (χ1v) is 9.81. The maximum atomic E-state index is 13.4. The van der Waals surface area contributed by atoms with E-state index in [1.165, 1.54) is 16.8 Å². The molecular formula is C20H28FN5O2. The monoisotopic (exact) mass is 389 g/mol. The van der Waals surface area contributed by atoms with Crippen molar-refractivity contribution in [3.8, 4) is 0 Å². The van der Waals surface area contributed by atoms with Crippen molar-refractivity contribution in [2.45, 2.75) is 58.0 Å². The van der Waals surface area contributed by atoms with Crippen LogP contribution in [0.2, 0.25) is 0 Å². The lowest BCUT2D eigenvalue weighted by molar-refractivity contribution is 0.238. The Balaban J connectivity index is 1.41. The molecule has 0 aliphatic carbocycles. The van der Waals surface area contributed by atoms with E-state index in [0.29, 0.717) is 26.1 Å². The van der Waals surface area contributed by atoms with E-state index in [1.54, 1.807) is 10.6 Å². The molecule has 0 spiro atoms. The van der Waals surface area contributed by atoms with E-state index in [1.807, 2.05) is 19.9 Å². The van der Waals surface area contributed by atoms with Gasteiger partial charge < -0.3 is 10.6 Å². The summed E-state index contributed by atoms with van der Waals surface area (Å²) >= 11 is 0. The van der Waals surface area contributed by atoms with Crippen molar-refractivity contribution in [3.63, 3.8) is 0 Å². The van der Waals surface area contributed by atoms with E-state index in [-0.39, 0.29) is 23.0 Å². The minimum Gasteiger partial charge on any atom is -0.338 e. The second-order valence-electron chi connectivity index (χ2n) is 7.89. The van der Waals surface area contributed by atoms with Gasteiger partial charge in [0.2, 0.25) is 0 Å². The summed E-state index contributed by atoms with van der Waals surface area (Å²) in [5.41, 5.74) is 0.384. The third-order valence-electron chi connectivity index (χ3n) is 5.16. The largest absolute Gasteiger partial charge is 0.345 e. The van der Waals surface area contributed by atoms with Crippen LogP contribution in [0.15, 0.2) is 29.1 Å². The number of urea groups is 1. The zero-order valence-electron chi connectivity index (χ0n) is 16.5. The van der Waals surface area contributed by atoms with Gasteiger partial charge in [-0.15, -0.1) is 0 Å². The number of hydrogen-bond donors (Lipinski definition) is 2. The third kappa shape index (κ3) is 4.79. The molecule has 1 aliphatic rings. The molecule has 1 aromatic heterocycles. The number of aromatic nitrogens is 3. The first-order valence-electron chi connectivity index (χ1n) is 9.81. The number of rotatable bonds is 7. The molecule has 28 heavy (non-hydrogen) atoms. The smallest absolute Gasteiger partial charge is 0.338 e. The highest BCUT2D eigenvalue weighted by Crippen LogP contribution is 2.22. The number of halogens is 1. The van der Waals surface area contributed by atoms with Crippen LogP contribution in [0.5, 0.6) is 0 Å². The lowest BCUT2D eigenvalue weighted by Crippen LogP contribution is -2.42. The number of carbonyl (C=O) groups excluding carboxylic acids is 1. The second-order valence-corrected chi connectivity index (χ2v) is 7.89. The van der Waals surface area contributed by atoms with Crippen molar-refractivity contribution in [1.82, 2.24) is 25.0 Å². The van der Waals surface area contributed by atoms with Gasteiger partial charge in [-0.25, -0.2) is 18.7 Å². The van der Waals surface area contributed by atoms with Crippen LogP contribution in [-0.2, 0) is 24.9 Å². The summed E-state index contributed by atoms with van der Waals surface area (Å²) in [4.78, 5) is 24.3. The molecule has 0 fully saturated rings. The SMILES string of the molecule is CC(C)(CNC(=O)NCCCn1nc2n(c1=O)CCCC2)c1cccc(F)c1. The van der Waals surface area contributed by atoms with E-state index in [0.717, 1.165) is 37.2 Å². The Bertz CT molecular complexity index is 887. The van der Waals surface area contributed by atoms with Crippen LogP contribution in [0, 0.1) is 5.82 Å². The van der Waals surface area contributed by atoms with Crippen molar-refractivity contribution in [3.05, 3.63) is 52.0 Å². The van der Waals surface area contributed by atoms with E-state index in [9.17, 15) is 14.0 Å². The number of carbonyl (C=O) groups is 1. The van der Waals surface area contributed by atoms with Crippen LogP contribution >= 0.6 is 0 Å². The average molecular weight is 389 g/mol. The third-order valence-corrected chi connectivity index (χ3v) is 5.16. The predicted molar refractivity (Wildman–Crippen MR) is 105 cm³/mol. The number of hydrogen-bond acceptors (Lipinski definition) is 3. The quantitative estimate of drug-likeness (QED) is 0.713. The van der Waals surface area contributed by atoms with Gasteiger partial charge in [-0.3, -0.25) is 4.57 Å². The molecule has 0 bridgehead atoms. The Morgan fingerprint density at radius 2 is 2.11 bits per heavy atom. The normalized spacial score (nSPS) is 13.8. The molecule has 2 aromatic rings. The fraction of sp³-hybridized carbons (Fsp3) is 0.550. The standard InChI is InChI=1S/C20H28FN5O2/c1-20(2,15-7-5-8-16(21)13-15)14-23-18(27)22-10-6-12-26-19(28)25-11-4-3-9-17(25)24-26/h5,7-8,13H,3-4,6,9-12,14H2,1-2H3,(H2,22,23,27). The van der Waals surface area contributed by atoms with Crippen molar-refractivity contribution in [1.29, 1.82) is 0 Å². The fourth-order valence-corrected chi connectivity index (χ4v) is 3.40. The molecule has 2 heterocycles. The van der Waals surface area contributed by atoms with Crippen LogP contribution in [0.3, 0.4) is 0 Å². The molecule has 2 amide bonds. The van der Waals surface area contributed by atoms with Gasteiger partial charge in [0.25, 0.3) is 0 Å². The molecule has 1 aliphatic heterocycles. The van der Waals surface area contributed by atoms with E-state index >= 15 is 0 Å². The number of fused-ring (bicyclic) bond motifs is 1. The molecule has 0 radical (unpaired) electrons. The minimum atomic E-state index is -0.387. The zero-order valence-corrected chi connectivity index (χ0v) is 16.5. The Kier molecular flexibility index (Phi) is 6.16. The van der Waals surface area contributed by atoms with Gasteiger partial charge in [0.1, 0.15) is 11.6 Å². The number of nitrogens with one attached hydrogen (secondary N) is 2. The molecule has 0 saturated carbocycles. The Morgan fingerprint density at radius 3 is 2.86 bits per heavy atom. The van der Waals surface area contributed by atoms with Gasteiger partial charge in [0.05, 0.1) is 0 Å². The van der Waals surface area contributed by atoms with Crippen molar-refractivity contribution < 1.29 is 9.18 Å². The van der Waals surface area contributed by atoms with Gasteiger partial charge in [0.15, 0.2) is 0 Å². The van der Waals surface area contributed by atoms with Crippen LogP contribution < -0.4 is 16.3 Å². The van der Waals surface area contributed by atoms with E-state index in [2.05, 4.69) is 15.7 Å². The first-order chi connectivity index (χ1) is 13.4. The van der Waals surface area contributed by atoms with Gasteiger partial charge >= 0.3 is 11.7 Å². The maximum Gasteiger partial charge on any atom is 0.345 e. The molecular weight excluding hydrogens is 361 g/mol. The van der Waals surface area contributed by atoms with E-state index < -0.39 is 0 Å². The zero-order chi connectivity index (χ0) is 20.1. The van der Waals surface area contributed by atoms with Gasteiger partial charge in [-0.1, -0.05) is 26.0 Å². The Labute approximate surface area is 163 Å². The van der Waals surface area contributed by atoms with Crippen LogP contribution in [0.25, 0.3) is 0 Å². The fourth-order valence-electron chi connectivity index (χ4n) is 3.40.